The maximum Gasteiger partial charge on any atom is 0.337 e. The summed E-state index contributed by atoms with van der Waals surface area (Å²) in [5.74, 6) is 0.0691. The topological polar surface area (TPSA) is 64.6 Å². The quantitative estimate of drug-likeness (QED) is 0.757. The van der Waals surface area contributed by atoms with Crippen molar-refractivity contribution < 1.29 is 19.1 Å². The number of aryl methyl sites for hydroxylation is 1. The van der Waals surface area contributed by atoms with Crippen LogP contribution in [0.2, 0.25) is 0 Å². The molecule has 0 saturated heterocycles. The molecule has 5 nitrogen and oxygen atoms in total. The molecule has 2 aromatic rings. The molecule has 24 heavy (non-hydrogen) atoms. The van der Waals surface area contributed by atoms with Gasteiger partial charge >= 0.3 is 5.97 Å². The standard InChI is InChI=1S/C18H18BrNO4/c1-12-6-7-13(18(22)23-2)10-16(12)20-17(21)8-9-24-15-5-3-4-14(19)11-15/h3-7,10-11H,8-9H2,1-2H3,(H,20,21). The smallest absolute Gasteiger partial charge is 0.337 e. The molecular weight excluding hydrogens is 374 g/mol. The van der Waals surface area contributed by atoms with Gasteiger partial charge in [0.15, 0.2) is 0 Å². The summed E-state index contributed by atoms with van der Waals surface area (Å²) in [5, 5.41) is 2.79. The molecule has 0 aliphatic heterocycles. The van der Waals surface area contributed by atoms with Gasteiger partial charge in [-0.15, -0.1) is 0 Å². The number of methoxy groups -OCH3 is 1. The average molecular weight is 392 g/mol. The third-order valence-electron chi connectivity index (χ3n) is 3.33. The third kappa shape index (κ3) is 5.09. The van der Waals surface area contributed by atoms with Gasteiger partial charge in [-0.05, 0) is 42.8 Å². The number of esters is 1. The van der Waals surface area contributed by atoms with Gasteiger partial charge in [0.1, 0.15) is 5.75 Å². The number of amides is 1. The Morgan fingerprint density at radius 1 is 1.17 bits per heavy atom. The second kappa shape index (κ2) is 8.49. The zero-order valence-electron chi connectivity index (χ0n) is 13.5. The summed E-state index contributed by atoms with van der Waals surface area (Å²) in [7, 11) is 1.32. The van der Waals surface area contributed by atoms with Crippen molar-refractivity contribution in [3.63, 3.8) is 0 Å². The van der Waals surface area contributed by atoms with Crippen LogP contribution in [0.15, 0.2) is 46.9 Å². The Labute approximate surface area is 149 Å². The van der Waals surface area contributed by atoms with Crippen molar-refractivity contribution >= 4 is 33.5 Å². The number of ether oxygens (including phenoxy) is 2. The molecule has 0 fully saturated rings. The van der Waals surface area contributed by atoms with Gasteiger partial charge in [0, 0.05) is 10.2 Å². The van der Waals surface area contributed by atoms with Gasteiger partial charge in [0.05, 0.1) is 25.7 Å². The Hall–Kier alpha value is -2.34. The average Bonchev–Trinajstić information content (AvgIpc) is 2.56. The Kier molecular flexibility index (Phi) is 6.37. The molecule has 2 rings (SSSR count). The number of anilines is 1. The van der Waals surface area contributed by atoms with Crippen LogP contribution in [0.25, 0.3) is 0 Å². The molecule has 126 valence electrons. The van der Waals surface area contributed by atoms with E-state index in [0.717, 1.165) is 10.0 Å². The predicted octanol–water partition coefficient (Wildman–Crippen LogP) is 3.95. The van der Waals surface area contributed by atoms with Gasteiger partial charge in [-0.1, -0.05) is 28.1 Å². The molecule has 0 unspecified atom stereocenters. The Bertz CT molecular complexity index is 746. The first kappa shape index (κ1) is 18.0. The minimum atomic E-state index is -0.441. The van der Waals surface area contributed by atoms with E-state index in [-0.39, 0.29) is 18.9 Å². The van der Waals surface area contributed by atoms with Crippen molar-refractivity contribution in [1.29, 1.82) is 0 Å². The molecule has 0 aliphatic carbocycles. The zero-order chi connectivity index (χ0) is 17.5. The van der Waals surface area contributed by atoms with Crippen LogP contribution < -0.4 is 10.1 Å². The van der Waals surface area contributed by atoms with Crippen LogP contribution >= 0.6 is 15.9 Å². The Morgan fingerprint density at radius 2 is 1.96 bits per heavy atom. The number of carbonyl (C=O) groups excluding carboxylic acids is 2. The van der Waals surface area contributed by atoms with E-state index in [9.17, 15) is 9.59 Å². The summed E-state index contributed by atoms with van der Waals surface area (Å²) < 4.78 is 11.1. The molecule has 0 atom stereocenters. The van der Waals surface area contributed by atoms with E-state index in [1.54, 1.807) is 18.2 Å². The molecule has 0 aliphatic rings. The van der Waals surface area contributed by atoms with E-state index >= 15 is 0 Å². The van der Waals surface area contributed by atoms with Crippen LogP contribution in [-0.4, -0.2) is 25.6 Å². The van der Waals surface area contributed by atoms with E-state index in [1.165, 1.54) is 7.11 Å². The molecule has 2 aromatic carbocycles. The van der Waals surface area contributed by atoms with E-state index in [4.69, 9.17) is 4.74 Å². The van der Waals surface area contributed by atoms with Crippen LogP contribution in [0.5, 0.6) is 5.75 Å². The summed E-state index contributed by atoms with van der Waals surface area (Å²) >= 11 is 3.36. The lowest BCUT2D eigenvalue weighted by Crippen LogP contribution is -2.16. The van der Waals surface area contributed by atoms with Crippen LogP contribution in [0, 0.1) is 6.92 Å². The minimum absolute atomic E-state index is 0.185. The fourth-order valence-electron chi connectivity index (χ4n) is 2.03. The second-order valence-electron chi connectivity index (χ2n) is 5.13. The van der Waals surface area contributed by atoms with Gasteiger partial charge in [0.25, 0.3) is 0 Å². The number of halogens is 1. The molecule has 0 saturated carbocycles. The summed E-state index contributed by atoms with van der Waals surface area (Å²) in [6, 6.07) is 12.5. The Morgan fingerprint density at radius 3 is 2.67 bits per heavy atom. The first-order valence-corrected chi connectivity index (χ1v) is 8.16. The molecule has 0 radical (unpaired) electrons. The molecule has 0 spiro atoms. The van der Waals surface area contributed by atoms with Crippen LogP contribution in [0.4, 0.5) is 5.69 Å². The molecule has 0 aromatic heterocycles. The third-order valence-corrected chi connectivity index (χ3v) is 3.82. The maximum atomic E-state index is 12.1. The lowest BCUT2D eigenvalue weighted by molar-refractivity contribution is -0.116. The highest BCUT2D eigenvalue weighted by Crippen LogP contribution is 2.19. The lowest BCUT2D eigenvalue weighted by Gasteiger charge is -2.11. The highest BCUT2D eigenvalue weighted by Gasteiger charge is 2.10. The summed E-state index contributed by atoms with van der Waals surface area (Å²) in [4.78, 5) is 23.6. The molecule has 1 amide bonds. The largest absolute Gasteiger partial charge is 0.493 e. The van der Waals surface area contributed by atoms with Gasteiger partial charge < -0.3 is 14.8 Å². The number of hydrogen-bond acceptors (Lipinski definition) is 4. The van der Waals surface area contributed by atoms with Gasteiger partial charge in [0.2, 0.25) is 5.91 Å². The molecule has 6 heteroatoms. The minimum Gasteiger partial charge on any atom is -0.493 e. The monoisotopic (exact) mass is 391 g/mol. The summed E-state index contributed by atoms with van der Waals surface area (Å²) in [6.07, 6.45) is 0.203. The molecule has 0 heterocycles. The lowest BCUT2D eigenvalue weighted by atomic mass is 10.1. The van der Waals surface area contributed by atoms with Crippen molar-refractivity contribution in [2.24, 2.45) is 0 Å². The van der Waals surface area contributed by atoms with Gasteiger partial charge in [-0.2, -0.15) is 0 Å². The first-order valence-electron chi connectivity index (χ1n) is 7.37. The van der Waals surface area contributed by atoms with Crippen molar-refractivity contribution in [2.45, 2.75) is 13.3 Å². The van der Waals surface area contributed by atoms with Crippen LogP contribution in [-0.2, 0) is 9.53 Å². The fraction of sp³-hybridized carbons (Fsp3) is 0.222. The first-order chi connectivity index (χ1) is 11.5. The van der Waals surface area contributed by atoms with Gasteiger partial charge in [-0.25, -0.2) is 4.79 Å². The molecular formula is C18H18BrNO4. The van der Waals surface area contributed by atoms with Crippen molar-refractivity contribution in [3.8, 4) is 5.75 Å². The van der Waals surface area contributed by atoms with Crippen molar-refractivity contribution in [2.75, 3.05) is 19.0 Å². The van der Waals surface area contributed by atoms with E-state index in [2.05, 4.69) is 26.0 Å². The Balaban J connectivity index is 1.91. The SMILES string of the molecule is COC(=O)c1ccc(C)c(NC(=O)CCOc2cccc(Br)c2)c1. The van der Waals surface area contributed by atoms with Crippen molar-refractivity contribution in [1.82, 2.24) is 0 Å². The number of carbonyl (C=O) groups is 2. The summed E-state index contributed by atoms with van der Waals surface area (Å²) in [5.41, 5.74) is 1.85. The number of benzene rings is 2. The predicted molar refractivity (Wildman–Crippen MR) is 95.4 cm³/mol. The van der Waals surface area contributed by atoms with Gasteiger partial charge in [-0.3, -0.25) is 4.79 Å². The van der Waals surface area contributed by atoms with Crippen LogP contribution in [0.1, 0.15) is 22.3 Å². The van der Waals surface area contributed by atoms with E-state index in [0.29, 0.717) is 17.0 Å². The second-order valence-corrected chi connectivity index (χ2v) is 6.04. The van der Waals surface area contributed by atoms with Crippen LogP contribution in [0.3, 0.4) is 0 Å². The normalized spacial score (nSPS) is 10.1. The van der Waals surface area contributed by atoms with E-state index in [1.807, 2.05) is 31.2 Å². The highest BCUT2D eigenvalue weighted by atomic mass is 79.9. The zero-order valence-corrected chi connectivity index (χ0v) is 15.1. The maximum absolute atomic E-state index is 12.1. The number of hydrogen-bond donors (Lipinski definition) is 1. The highest BCUT2D eigenvalue weighted by molar-refractivity contribution is 9.10. The molecule has 0 bridgehead atoms. The number of nitrogens with one attached hydrogen (secondary N) is 1. The molecule has 1 N–H and O–H groups in total. The fourth-order valence-corrected chi connectivity index (χ4v) is 2.41. The summed E-state index contributed by atoms with van der Waals surface area (Å²) in [6.45, 7) is 2.12. The number of rotatable bonds is 6. The van der Waals surface area contributed by atoms with E-state index < -0.39 is 5.97 Å². The van der Waals surface area contributed by atoms with Crippen molar-refractivity contribution in [3.05, 3.63) is 58.1 Å².